The second-order valence-corrected chi connectivity index (χ2v) is 7.36. The lowest BCUT2D eigenvalue weighted by Gasteiger charge is -2.16. The lowest BCUT2D eigenvalue weighted by molar-refractivity contribution is 0.0954. The zero-order valence-corrected chi connectivity index (χ0v) is 14.1. The standard InChI is InChI=1S/C20H10BBrO2/c21-9-1-3-11-13-7-18-14(8-17(13)19(23)15(11)5-9)12-4-2-10(22)6-16(12)20(18)24/h1-8,12,16H. The molecule has 5 rings (SSSR count). The van der Waals surface area contributed by atoms with Crippen molar-refractivity contribution in [3.8, 4) is 11.1 Å². The molecule has 2 nitrogen and oxygen atoms in total. The lowest BCUT2D eigenvalue weighted by Crippen LogP contribution is -2.11. The molecular formula is C20H10BBrO2. The zero-order valence-electron chi connectivity index (χ0n) is 12.5. The third-order valence-electron chi connectivity index (χ3n) is 5.13. The van der Waals surface area contributed by atoms with Gasteiger partial charge in [-0.2, -0.15) is 0 Å². The second kappa shape index (κ2) is 4.67. The maximum atomic E-state index is 12.8. The Morgan fingerprint density at radius 3 is 2.50 bits per heavy atom. The summed E-state index contributed by atoms with van der Waals surface area (Å²) in [5.41, 5.74) is 5.25. The molecule has 0 fully saturated rings. The molecule has 2 aromatic rings. The fraction of sp³-hybridized carbons (Fsp3) is 0.100. The molecule has 0 aliphatic heterocycles. The highest BCUT2D eigenvalue weighted by atomic mass is 79.9. The fourth-order valence-corrected chi connectivity index (χ4v) is 4.44. The molecule has 0 heterocycles. The molecule has 0 spiro atoms. The lowest BCUT2D eigenvalue weighted by atomic mass is 9.88. The third kappa shape index (κ3) is 1.72. The molecule has 0 N–H and O–H groups in total. The van der Waals surface area contributed by atoms with Crippen LogP contribution in [-0.4, -0.2) is 19.4 Å². The molecule has 2 radical (unpaired) electrons. The molecule has 2 aromatic carbocycles. The van der Waals surface area contributed by atoms with Crippen molar-refractivity contribution in [2.45, 2.75) is 5.92 Å². The average Bonchev–Trinajstić information content (AvgIpc) is 2.99. The Morgan fingerprint density at radius 1 is 0.875 bits per heavy atom. The van der Waals surface area contributed by atoms with Gasteiger partial charge in [0.25, 0.3) is 0 Å². The van der Waals surface area contributed by atoms with Crippen molar-refractivity contribution in [2.24, 2.45) is 5.92 Å². The van der Waals surface area contributed by atoms with Crippen molar-refractivity contribution in [1.29, 1.82) is 0 Å². The summed E-state index contributed by atoms with van der Waals surface area (Å²) in [6.45, 7) is 0. The molecule has 0 bridgehead atoms. The third-order valence-corrected chi connectivity index (χ3v) is 5.66. The van der Waals surface area contributed by atoms with Crippen molar-refractivity contribution < 1.29 is 9.59 Å². The number of carbonyl (C=O) groups is 2. The Balaban J connectivity index is 1.74. The van der Waals surface area contributed by atoms with Crippen LogP contribution in [0, 0.1) is 5.92 Å². The molecule has 24 heavy (non-hydrogen) atoms. The first kappa shape index (κ1) is 14.2. The minimum Gasteiger partial charge on any atom is -0.293 e. The Labute approximate surface area is 148 Å². The van der Waals surface area contributed by atoms with Crippen molar-refractivity contribution in [2.75, 3.05) is 0 Å². The van der Waals surface area contributed by atoms with Crippen LogP contribution in [0.15, 0.2) is 53.0 Å². The second-order valence-electron chi connectivity index (χ2n) is 6.45. The van der Waals surface area contributed by atoms with Crippen LogP contribution < -0.4 is 5.46 Å². The highest BCUT2D eigenvalue weighted by Crippen LogP contribution is 2.47. The van der Waals surface area contributed by atoms with E-state index in [4.69, 9.17) is 7.85 Å². The molecule has 3 aliphatic carbocycles. The summed E-state index contributed by atoms with van der Waals surface area (Å²) >= 11 is 3.44. The minimum atomic E-state index is -0.178. The van der Waals surface area contributed by atoms with E-state index in [1.807, 2.05) is 36.4 Å². The highest BCUT2D eigenvalue weighted by molar-refractivity contribution is 9.11. The number of fused-ring (bicyclic) bond motifs is 6. The van der Waals surface area contributed by atoms with E-state index < -0.39 is 0 Å². The van der Waals surface area contributed by atoms with Gasteiger partial charge in [0.2, 0.25) is 0 Å². The van der Waals surface area contributed by atoms with Crippen LogP contribution in [0.25, 0.3) is 11.1 Å². The van der Waals surface area contributed by atoms with E-state index in [9.17, 15) is 9.59 Å². The molecule has 0 aromatic heterocycles. The van der Waals surface area contributed by atoms with Crippen LogP contribution in [0.4, 0.5) is 0 Å². The molecule has 2 atom stereocenters. The smallest absolute Gasteiger partial charge is 0.194 e. The summed E-state index contributed by atoms with van der Waals surface area (Å²) in [4.78, 5) is 25.6. The van der Waals surface area contributed by atoms with E-state index in [0.717, 1.165) is 26.7 Å². The summed E-state index contributed by atoms with van der Waals surface area (Å²) in [5.74, 6) is -0.0541. The van der Waals surface area contributed by atoms with Crippen molar-refractivity contribution in [3.05, 3.63) is 75.3 Å². The Hall–Kier alpha value is -2.20. The summed E-state index contributed by atoms with van der Waals surface area (Å²) in [6, 6.07) is 9.17. The maximum Gasteiger partial charge on any atom is 0.194 e. The van der Waals surface area contributed by atoms with Crippen LogP contribution in [-0.2, 0) is 0 Å². The van der Waals surface area contributed by atoms with Crippen LogP contribution in [0.2, 0.25) is 0 Å². The Bertz CT molecular complexity index is 1030. The Kier molecular flexibility index (Phi) is 2.76. The number of halogens is 1. The SMILES string of the molecule is [B]c1ccc2c(c1)C(=O)c1cc3c(cc1-2)C(=O)C1C=C(Br)C=CC31. The molecule has 2 unspecified atom stereocenters. The molecular weight excluding hydrogens is 363 g/mol. The maximum absolute atomic E-state index is 12.8. The van der Waals surface area contributed by atoms with Gasteiger partial charge in [-0.05, 0) is 28.8 Å². The number of hydrogen-bond acceptors (Lipinski definition) is 2. The summed E-state index contributed by atoms with van der Waals surface area (Å²) < 4.78 is 0.925. The summed E-state index contributed by atoms with van der Waals surface area (Å²) in [6.07, 6.45) is 5.96. The van der Waals surface area contributed by atoms with Crippen LogP contribution >= 0.6 is 15.9 Å². The van der Waals surface area contributed by atoms with E-state index in [-0.39, 0.29) is 23.4 Å². The minimum absolute atomic E-state index is 0.0116. The van der Waals surface area contributed by atoms with Gasteiger partial charge < -0.3 is 0 Å². The normalized spacial score (nSPS) is 22.8. The quantitative estimate of drug-likeness (QED) is 0.566. The number of benzene rings is 2. The van der Waals surface area contributed by atoms with Gasteiger partial charge in [-0.25, -0.2) is 0 Å². The predicted molar refractivity (Wildman–Crippen MR) is 97.4 cm³/mol. The van der Waals surface area contributed by atoms with Gasteiger partial charge in [0.15, 0.2) is 11.6 Å². The number of Topliss-reactive ketones (excluding diaryl/α,β-unsaturated/α-hetero) is 1. The van der Waals surface area contributed by atoms with Crippen molar-refractivity contribution in [1.82, 2.24) is 0 Å². The molecule has 3 aliphatic rings. The van der Waals surface area contributed by atoms with E-state index in [1.54, 1.807) is 12.1 Å². The number of allylic oxidation sites excluding steroid dienone is 4. The van der Waals surface area contributed by atoms with Gasteiger partial charge in [0.05, 0.1) is 5.92 Å². The number of ketones is 2. The first-order chi connectivity index (χ1) is 11.5. The van der Waals surface area contributed by atoms with Gasteiger partial charge in [0, 0.05) is 27.1 Å². The van der Waals surface area contributed by atoms with E-state index >= 15 is 0 Å². The van der Waals surface area contributed by atoms with Gasteiger partial charge >= 0.3 is 0 Å². The van der Waals surface area contributed by atoms with Crippen LogP contribution in [0.1, 0.15) is 37.8 Å². The predicted octanol–water partition coefficient (Wildman–Crippen LogP) is 3.44. The van der Waals surface area contributed by atoms with Gasteiger partial charge in [0.1, 0.15) is 7.85 Å². The fourth-order valence-electron chi connectivity index (χ4n) is 4.01. The first-order valence-electron chi connectivity index (χ1n) is 7.77. The monoisotopic (exact) mass is 372 g/mol. The van der Waals surface area contributed by atoms with Crippen LogP contribution in [0.3, 0.4) is 0 Å². The highest BCUT2D eigenvalue weighted by Gasteiger charge is 2.40. The van der Waals surface area contributed by atoms with Gasteiger partial charge in [-0.1, -0.05) is 57.8 Å². The van der Waals surface area contributed by atoms with Gasteiger partial charge in [-0.15, -0.1) is 0 Å². The van der Waals surface area contributed by atoms with E-state index in [1.165, 1.54) is 0 Å². The van der Waals surface area contributed by atoms with Gasteiger partial charge in [-0.3, -0.25) is 9.59 Å². The number of hydrogen-bond donors (Lipinski definition) is 0. The summed E-state index contributed by atoms with van der Waals surface area (Å²) in [5, 5.41) is 0. The molecule has 0 amide bonds. The first-order valence-corrected chi connectivity index (χ1v) is 8.56. The number of carbonyl (C=O) groups excluding carboxylic acids is 2. The molecule has 4 heteroatoms. The zero-order chi connectivity index (χ0) is 16.6. The largest absolute Gasteiger partial charge is 0.293 e. The van der Waals surface area contributed by atoms with E-state index in [2.05, 4.69) is 15.9 Å². The molecule has 112 valence electrons. The molecule has 0 saturated carbocycles. The summed E-state index contributed by atoms with van der Waals surface area (Å²) in [7, 11) is 5.82. The van der Waals surface area contributed by atoms with Crippen molar-refractivity contribution >= 4 is 40.8 Å². The topological polar surface area (TPSA) is 34.1 Å². The van der Waals surface area contributed by atoms with Crippen LogP contribution in [0.5, 0.6) is 0 Å². The Morgan fingerprint density at radius 2 is 1.67 bits per heavy atom. The number of rotatable bonds is 0. The van der Waals surface area contributed by atoms with Crippen molar-refractivity contribution in [3.63, 3.8) is 0 Å². The average molecular weight is 373 g/mol. The molecule has 0 saturated heterocycles. The van der Waals surface area contributed by atoms with E-state index in [0.29, 0.717) is 16.6 Å².